The second-order valence-corrected chi connectivity index (χ2v) is 10.5. The summed E-state index contributed by atoms with van der Waals surface area (Å²) in [4.78, 5) is 13.7. The van der Waals surface area contributed by atoms with Gasteiger partial charge in [0.2, 0.25) is 15.9 Å². The van der Waals surface area contributed by atoms with E-state index in [-0.39, 0.29) is 16.1 Å². The highest BCUT2D eigenvalue weighted by atomic mass is 32.2. The number of nitrogens with zero attached hydrogens (tertiary/aromatic N) is 1. The molecule has 1 fully saturated rings. The lowest BCUT2D eigenvalue weighted by Gasteiger charge is -2.29. The van der Waals surface area contributed by atoms with Gasteiger partial charge in [-0.15, -0.1) is 11.8 Å². The van der Waals surface area contributed by atoms with E-state index < -0.39 is 10.0 Å². The first-order valence-corrected chi connectivity index (χ1v) is 11.8. The maximum absolute atomic E-state index is 12.8. The number of nitrogens with one attached hydrogen (secondary N) is 1. The molecule has 1 atom stereocenters. The molecule has 0 spiro atoms. The minimum Gasteiger partial charge on any atom is -0.325 e. The van der Waals surface area contributed by atoms with Crippen molar-refractivity contribution in [3.8, 4) is 0 Å². The van der Waals surface area contributed by atoms with Crippen molar-refractivity contribution >= 4 is 33.4 Å². The normalized spacial score (nSPS) is 17.2. The molecule has 0 aliphatic carbocycles. The molecule has 2 aromatic rings. The number of anilines is 1. The van der Waals surface area contributed by atoms with Gasteiger partial charge >= 0.3 is 0 Å². The van der Waals surface area contributed by atoms with Crippen LogP contribution in [0.25, 0.3) is 0 Å². The van der Waals surface area contributed by atoms with Crippen LogP contribution in [0.3, 0.4) is 0 Å². The third kappa shape index (κ3) is 5.16. The van der Waals surface area contributed by atoms with Gasteiger partial charge in [-0.1, -0.05) is 25.1 Å². The van der Waals surface area contributed by atoms with Crippen molar-refractivity contribution in [3.63, 3.8) is 0 Å². The molecule has 3 rings (SSSR count). The van der Waals surface area contributed by atoms with Crippen LogP contribution in [-0.2, 0) is 14.8 Å². The van der Waals surface area contributed by atoms with E-state index in [1.54, 1.807) is 28.6 Å². The van der Waals surface area contributed by atoms with Gasteiger partial charge in [-0.25, -0.2) is 8.42 Å². The molecule has 5 nitrogen and oxygen atoms in total. The third-order valence-electron chi connectivity index (χ3n) is 4.93. The van der Waals surface area contributed by atoms with Gasteiger partial charge in [0.25, 0.3) is 0 Å². The second kappa shape index (κ2) is 9.11. The van der Waals surface area contributed by atoms with Gasteiger partial charge in [-0.2, -0.15) is 4.31 Å². The molecular formula is C21H26N2O3S2. The second-order valence-electron chi connectivity index (χ2n) is 7.17. The molecule has 0 aromatic heterocycles. The number of hydrogen-bond donors (Lipinski definition) is 1. The van der Waals surface area contributed by atoms with E-state index in [0.29, 0.717) is 24.7 Å². The largest absolute Gasteiger partial charge is 0.325 e. The fourth-order valence-corrected chi connectivity index (χ4v) is 5.44. The van der Waals surface area contributed by atoms with Gasteiger partial charge in [0, 0.05) is 23.7 Å². The predicted molar refractivity (Wildman–Crippen MR) is 114 cm³/mol. The summed E-state index contributed by atoms with van der Waals surface area (Å²) in [5, 5.41) is 2.59. The maximum Gasteiger partial charge on any atom is 0.243 e. The number of hydrogen-bond acceptors (Lipinski definition) is 4. The van der Waals surface area contributed by atoms with Crippen LogP contribution < -0.4 is 5.32 Å². The lowest BCUT2D eigenvalue weighted by atomic mass is 10.0. The quantitative estimate of drug-likeness (QED) is 0.713. The fraction of sp³-hybridized carbons (Fsp3) is 0.381. The van der Waals surface area contributed by atoms with Crippen molar-refractivity contribution in [2.24, 2.45) is 5.92 Å². The minimum absolute atomic E-state index is 0.116. The Hall–Kier alpha value is -1.83. The first-order chi connectivity index (χ1) is 13.4. The monoisotopic (exact) mass is 418 g/mol. The Balaban J connectivity index is 1.61. The van der Waals surface area contributed by atoms with Gasteiger partial charge < -0.3 is 5.32 Å². The van der Waals surface area contributed by atoms with Crippen LogP contribution in [0.2, 0.25) is 0 Å². The van der Waals surface area contributed by atoms with E-state index >= 15 is 0 Å². The van der Waals surface area contributed by atoms with Crippen LogP contribution in [0.5, 0.6) is 0 Å². The van der Waals surface area contributed by atoms with E-state index in [1.165, 1.54) is 11.8 Å². The molecule has 1 saturated heterocycles. The summed E-state index contributed by atoms with van der Waals surface area (Å²) in [7, 11) is -3.47. The molecule has 1 aliphatic rings. The maximum atomic E-state index is 12.8. The number of sulfonamides is 1. The van der Waals surface area contributed by atoms with Crippen LogP contribution in [-0.4, -0.2) is 37.0 Å². The molecule has 1 aliphatic heterocycles. The minimum atomic E-state index is -3.47. The molecule has 0 saturated carbocycles. The van der Waals surface area contributed by atoms with Crippen molar-refractivity contribution in [2.75, 3.05) is 18.4 Å². The first-order valence-electron chi connectivity index (χ1n) is 9.49. The van der Waals surface area contributed by atoms with E-state index in [9.17, 15) is 13.2 Å². The van der Waals surface area contributed by atoms with E-state index in [1.807, 2.05) is 37.3 Å². The highest BCUT2D eigenvalue weighted by molar-refractivity contribution is 8.00. The van der Waals surface area contributed by atoms with Crippen LogP contribution in [0.4, 0.5) is 5.69 Å². The van der Waals surface area contributed by atoms with Crippen molar-refractivity contribution in [1.29, 1.82) is 0 Å². The summed E-state index contributed by atoms with van der Waals surface area (Å²) in [6, 6.07) is 16.2. The van der Waals surface area contributed by atoms with Crippen molar-refractivity contribution in [1.82, 2.24) is 4.31 Å². The Morgan fingerprint density at radius 3 is 2.29 bits per heavy atom. The molecule has 1 unspecified atom stereocenters. The van der Waals surface area contributed by atoms with E-state index in [4.69, 9.17) is 0 Å². The van der Waals surface area contributed by atoms with E-state index in [0.717, 1.165) is 17.7 Å². The lowest BCUT2D eigenvalue weighted by molar-refractivity contribution is -0.115. The number of carbonyl (C=O) groups is 1. The van der Waals surface area contributed by atoms with Gasteiger partial charge in [-0.3, -0.25) is 4.79 Å². The van der Waals surface area contributed by atoms with Gasteiger partial charge in [0.05, 0.1) is 10.1 Å². The van der Waals surface area contributed by atoms with E-state index in [2.05, 4.69) is 12.2 Å². The summed E-state index contributed by atoms with van der Waals surface area (Å²) in [6.45, 7) is 5.13. The Labute approximate surface area is 171 Å². The molecule has 7 heteroatoms. The smallest absolute Gasteiger partial charge is 0.243 e. The highest BCUT2D eigenvalue weighted by Crippen LogP contribution is 2.26. The lowest BCUT2D eigenvalue weighted by Crippen LogP contribution is -2.37. The van der Waals surface area contributed by atoms with Gasteiger partial charge in [0.15, 0.2) is 0 Å². The molecule has 1 N–H and O–H groups in total. The first kappa shape index (κ1) is 20.9. The Kier molecular flexibility index (Phi) is 6.80. The average Bonchev–Trinajstić information content (AvgIpc) is 2.69. The number of piperidine rings is 1. The van der Waals surface area contributed by atoms with Crippen LogP contribution in [0.15, 0.2) is 64.4 Å². The SMILES string of the molecule is CC1CCN(S(=O)(=O)c2ccc(NC(=O)C(C)Sc3ccccc3)cc2)CC1. The molecule has 28 heavy (non-hydrogen) atoms. The standard InChI is InChI=1S/C21H26N2O3S2/c1-16-12-14-23(15-13-16)28(25,26)20-10-8-18(9-11-20)22-21(24)17(2)27-19-6-4-3-5-7-19/h3-11,16-17H,12-15H2,1-2H3,(H,22,24). The third-order valence-corrected chi connectivity index (χ3v) is 7.95. The molecule has 0 radical (unpaired) electrons. The summed E-state index contributed by atoms with van der Waals surface area (Å²) < 4.78 is 27.1. The molecule has 150 valence electrons. The number of carbonyl (C=O) groups excluding carboxylic acids is 1. The van der Waals surface area contributed by atoms with Crippen molar-refractivity contribution in [3.05, 3.63) is 54.6 Å². The number of rotatable bonds is 6. The number of benzene rings is 2. The van der Waals surface area contributed by atoms with Gasteiger partial charge in [0.1, 0.15) is 0 Å². The van der Waals surface area contributed by atoms with Crippen LogP contribution in [0, 0.1) is 5.92 Å². The molecule has 1 amide bonds. The Bertz CT molecular complexity index is 891. The zero-order valence-corrected chi connectivity index (χ0v) is 17.8. The predicted octanol–water partition coefficient (Wildman–Crippen LogP) is 4.23. The van der Waals surface area contributed by atoms with Crippen molar-refractivity contribution in [2.45, 2.75) is 41.7 Å². The topological polar surface area (TPSA) is 66.5 Å². The zero-order chi connectivity index (χ0) is 20.1. The van der Waals surface area contributed by atoms with Crippen LogP contribution >= 0.6 is 11.8 Å². The molecule has 2 aromatic carbocycles. The summed E-state index contributed by atoms with van der Waals surface area (Å²) in [5.41, 5.74) is 0.594. The summed E-state index contributed by atoms with van der Waals surface area (Å²) >= 11 is 1.48. The average molecular weight is 419 g/mol. The highest BCUT2D eigenvalue weighted by Gasteiger charge is 2.28. The number of amides is 1. The molecular weight excluding hydrogens is 392 g/mol. The van der Waals surface area contributed by atoms with Crippen LogP contribution in [0.1, 0.15) is 26.7 Å². The zero-order valence-electron chi connectivity index (χ0n) is 16.2. The molecule has 1 heterocycles. The van der Waals surface area contributed by atoms with Crippen molar-refractivity contribution < 1.29 is 13.2 Å². The molecule has 0 bridgehead atoms. The fourth-order valence-electron chi connectivity index (χ4n) is 3.09. The summed E-state index contributed by atoms with van der Waals surface area (Å²) in [6.07, 6.45) is 1.79. The summed E-state index contributed by atoms with van der Waals surface area (Å²) in [5.74, 6) is 0.453. The number of thioether (sulfide) groups is 1. The Morgan fingerprint density at radius 2 is 1.68 bits per heavy atom. The Morgan fingerprint density at radius 1 is 1.07 bits per heavy atom. The van der Waals surface area contributed by atoms with Gasteiger partial charge in [-0.05, 0) is 62.1 Å².